The minimum Gasteiger partial charge on any atom is -0.494 e. The summed E-state index contributed by atoms with van der Waals surface area (Å²) in [6.45, 7) is 6.64. The van der Waals surface area contributed by atoms with Gasteiger partial charge in [-0.1, -0.05) is 30.3 Å². The van der Waals surface area contributed by atoms with E-state index in [1.54, 1.807) is 0 Å². The van der Waals surface area contributed by atoms with Gasteiger partial charge in [-0.15, -0.1) is 0 Å². The van der Waals surface area contributed by atoms with Crippen LogP contribution in [0.3, 0.4) is 0 Å². The van der Waals surface area contributed by atoms with Crippen molar-refractivity contribution in [3.63, 3.8) is 0 Å². The molecular weight excluding hydrogens is 322 g/mol. The molecule has 2 aromatic carbocycles. The van der Waals surface area contributed by atoms with E-state index in [1.165, 1.54) is 5.56 Å². The maximum atomic E-state index is 12.8. The second-order valence-electron chi connectivity index (χ2n) is 7.17. The lowest BCUT2D eigenvalue weighted by molar-refractivity contribution is 0.0771. The molecule has 1 atom stereocenters. The second kappa shape index (κ2) is 9.00. The zero-order chi connectivity index (χ0) is 18.4. The standard InChI is InChI=1S/C23H29NO2/c1-3-26-22-11-9-21(10-12-22)23(25)18(2)24-15-13-20(14-16-24)17-19-7-5-4-6-8-19/h4-12,18,20H,3,13-17H2,1-2H3. The molecule has 3 rings (SSSR count). The smallest absolute Gasteiger partial charge is 0.179 e. The summed E-state index contributed by atoms with van der Waals surface area (Å²) in [7, 11) is 0. The molecule has 3 heteroatoms. The van der Waals surface area contributed by atoms with Gasteiger partial charge in [0.25, 0.3) is 0 Å². The highest BCUT2D eigenvalue weighted by Gasteiger charge is 2.27. The van der Waals surface area contributed by atoms with E-state index in [9.17, 15) is 4.79 Å². The van der Waals surface area contributed by atoms with Gasteiger partial charge >= 0.3 is 0 Å². The molecule has 26 heavy (non-hydrogen) atoms. The Bertz CT molecular complexity index is 688. The molecule has 1 fully saturated rings. The highest BCUT2D eigenvalue weighted by molar-refractivity contribution is 5.99. The van der Waals surface area contributed by atoms with Crippen molar-refractivity contribution in [2.75, 3.05) is 19.7 Å². The Morgan fingerprint density at radius 1 is 1.08 bits per heavy atom. The quantitative estimate of drug-likeness (QED) is 0.682. The Balaban J connectivity index is 1.52. The van der Waals surface area contributed by atoms with Crippen LogP contribution in [0, 0.1) is 5.92 Å². The number of piperidine rings is 1. The summed E-state index contributed by atoms with van der Waals surface area (Å²) in [4.78, 5) is 15.1. The van der Waals surface area contributed by atoms with Crippen molar-refractivity contribution in [3.05, 3.63) is 65.7 Å². The average Bonchev–Trinajstić information content (AvgIpc) is 2.69. The zero-order valence-electron chi connectivity index (χ0n) is 15.9. The number of benzene rings is 2. The number of carbonyl (C=O) groups is 1. The molecule has 0 aromatic heterocycles. The largest absolute Gasteiger partial charge is 0.494 e. The number of likely N-dealkylation sites (tertiary alicyclic amines) is 1. The number of nitrogens with zero attached hydrogens (tertiary/aromatic N) is 1. The molecule has 3 nitrogen and oxygen atoms in total. The minimum absolute atomic E-state index is 0.0642. The Morgan fingerprint density at radius 2 is 1.73 bits per heavy atom. The highest BCUT2D eigenvalue weighted by Crippen LogP contribution is 2.24. The molecule has 0 aliphatic carbocycles. The van der Waals surface area contributed by atoms with Gasteiger partial charge in [0.15, 0.2) is 5.78 Å². The molecule has 0 bridgehead atoms. The van der Waals surface area contributed by atoms with Gasteiger partial charge in [-0.2, -0.15) is 0 Å². The predicted molar refractivity (Wildman–Crippen MR) is 106 cm³/mol. The van der Waals surface area contributed by atoms with E-state index in [0.29, 0.717) is 6.61 Å². The van der Waals surface area contributed by atoms with Crippen molar-refractivity contribution in [3.8, 4) is 5.75 Å². The molecular formula is C23H29NO2. The summed E-state index contributed by atoms with van der Waals surface area (Å²) in [6.07, 6.45) is 3.47. The van der Waals surface area contributed by atoms with Gasteiger partial charge in [0.1, 0.15) is 5.75 Å². The predicted octanol–water partition coefficient (Wildman–Crippen LogP) is 4.61. The van der Waals surface area contributed by atoms with Crippen LogP contribution in [0.25, 0.3) is 0 Å². The van der Waals surface area contributed by atoms with Gasteiger partial charge in [0, 0.05) is 5.56 Å². The van der Waals surface area contributed by atoms with E-state index in [2.05, 4.69) is 35.2 Å². The molecule has 0 N–H and O–H groups in total. The van der Waals surface area contributed by atoms with E-state index in [-0.39, 0.29) is 11.8 Å². The lowest BCUT2D eigenvalue weighted by Crippen LogP contribution is -2.44. The molecule has 138 valence electrons. The van der Waals surface area contributed by atoms with Crippen molar-refractivity contribution >= 4 is 5.78 Å². The Labute approximate surface area is 157 Å². The molecule has 1 aliphatic rings. The van der Waals surface area contributed by atoms with Gasteiger partial charge in [-0.25, -0.2) is 0 Å². The Kier molecular flexibility index (Phi) is 6.45. The van der Waals surface area contributed by atoms with Gasteiger partial charge in [0.05, 0.1) is 12.6 Å². The van der Waals surface area contributed by atoms with Crippen molar-refractivity contribution in [2.24, 2.45) is 5.92 Å². The van der Waals surface area contributed by atoms with Gasteiger partial charge in [-0.3, -0.25) is 9.69 Å². The van der Waals surface area contributed by atoms with Crippen molar-refractivity contribution < 1.29 is 9.53 Å². The first-order chi connectivity index (χ1) is 12.7. The summed E-state index contributed by atoms with van der Waals surface area (Å²) in [5, 5.41) is 0. The van der Waals surface area contributed by atoms with E-state index in [0.717, 1.165) is 49.6 Å². The lowest BCUT2D eigenvalue weighted by Gasteiger charge is -2.35. The van der Waals surface area contributed by atoms with E-state index >= 15 is 0 Å². The first-order valence-electron chi connectivity index (χ1n) is 9.72. The first kappa shape index (κ1) is 18.7. The van der Waals surface area contributed by atoms with Crippen LogP contribution in [-0.4, -0.2) is 36.4 Å². The molecule has 1 unspecified atom stereocenters. The molecule has 0 saturated carbocycles. The van der Waals surface area contributed by atoms with Crippen molar-refractivity contribution in [2.45, 2.75) is 39.2 Å². The number of ether oxygens (including phenoxy) is 1. The number of hydrogen-bond donors (Lipinski definition) is 0. The summed E-state index contributed by atoms with van der Waals surface area (Å²) < 4.78 is 5.46. The zero-order valence-corrected chi connectivity index (χ0v) is 15.9. The number of carbonyl (C=O) groups excluding carboxylic acids is 1. The highest BCUT2D eigenvalue weighted by atomic mass is 16.5. The monoisotopic (exact) mass is 351 g/mol. The molecule has 0 spiro atoms. The van der Waals surface area contributed by atoms with Crippen LogP contribution in [0.2, 0.25) is 0 Å². The summed E-state index contributed by atoms with van der Waals surface area (Å²) in [5.74, 6) is 1.74. The van der Waals surface area contributed by atoms with Crippen molar-refractivity contribution in [1.82, 2.24) is 4.90 Å². The third-order valence-electron chi connectivity index (χ3n) is 5.39. The van der Waals surface area contributed by atoms with Crippen molar-refractivity contribution in [1.29, 1.82) is 0 Å². The molecule has 0 radical (unpaired) electrons. The van der Waals surface area contributed by atoms with Gasteiger partial charge in [-0.05, 0) is 81.9 Å². The fourth-order valence-corrected chi connectivity index (χ4v) is 3.78. The summed E-state index contributed by atoms with van der Waals surface area (Å²) in [5.41, 5.74) is 2.19. The molecule has 1 heterocycles. The third kappa shape index (κ3) is 4.73. The number of hydrogen-bond acceptors (Lipinski definition) is 3. The average molecular weight is 351 g/mol. The fraction of sp³-hybridized carbons (Fsp3) is 0.435. The number of rotatable bonds is 7. The molecule has 0 amide bonds. The first-order valence-corrected chi connectivity index (χ1v) is 9.72. The topological polar surface area (TPSA) is 29.5 Å². The minimum atomic E-state index is -0.0642. The number of Topliss-reactive ketones (excluding diaryl/α,β-unsaturated/α-hetero) is 1. The van der Waals surface area contributed by atoms with Crippen LogP contribution in [0.5, 0.6) is 5.75 Å². The summed E-state index contributed by atoms with van der Waals surface area (Å²) in [6, 6.07) is 18.2. The van der Waals surface area contributed by atoms with Crippen LogP contribution in [0.4, 0.5) is 0 Å². The van der Waals surface area contributed by atoms with Crippen LogP contribution >= 0.6 is 0 Å². The maximum Gasteiger partial charge on any atom is 0.179 e. The van der Waals surface area contributed by atoms with E-state index in [4.69, 9.17) is 4.74 Å². The third-order valence-corrected chi connectivity index (χ3v) is 5.39. The van der Waals surface area contributed by atoms with Crippen LogP contribution < -0.4 is 4.74 Å². The second-order valence-corrected chi connectivity index (χ2v) is 7.17. The Morgan fingerprint density at radius 3 is 2.35 bits per heavy atom. The maximum absolute atomic E-state index is 12.8. The van der Waals surface area contributed by atoms with E-state index in [1.807, 2.05) is 38.1 Å². The molecule has 1 aliphatic heterocycles. The Hall–Kier alpha value is -2.13. The van der Waals surface area contributed by atoms with E-state index < -0.39 is 0 Å². The van der Waals surface area contributed by atoms with Crippen LogP contribution in [0.1, 0.15) is 42.6 Å². The normalized spacial score (nSPS) is 17.0. The van der Waals surface area contributed by atoms with Gasteiger partial charge in [0.2, 0.25) is 0 Å². The van der Waals surface area contributed by atoms with Crippen LogP contribution in [-0.2, 0) is 6.42 Å². The SMILES string of the molecule is CCOc1ccc(C(=O)C(C)N2CCC(Cc3ccccc3)CC2)cc1. The summed E-state index contributed by atoms with van der Waals surface area (Å²) >= 11 is 0. The lowest BCUT2D eigenvalue weighted by atomic mass is 9.89. The fourth-order valence-electron chi connectivity index (χ4n) is 3.78. The number of ketones is 1. The van der Waals surface area contributed by atoms with Gasteiger partial charge < -0.3 is 4.74 Å². The molecule has 2 aromatic rings. The van der Waals surface area contributed by atoms with Crippen LogP contribution in [0.15, 0.2) is 54.6 Å². The molecule has 1 saturated heterocycles.